The van der Waals surface area contributed by atoms with Crippen LogP contribution in [0.1, 0.15) is 37.5 Å². The van der Waals surface area contributed by atoms with Crippen LogP contribution in [0.25, 0.3) is 10.9 Å². The fourth-order valence-electron chi connectivity index (χ4n) is 2.48. The van der Waals surface area contributed by atoms with Gasteiger partial charge in [-0.1, -0.05) is 11.6 Å². The maximum atomic E-state index is 13.0. The Balaban J connectivity index is 2.13. The number of halogens is 4. The van der Waals surface area contributed by atoms with Crippen LogP contribution in [0, 0.1) is 0 Å². The van der Waals surface area contributed by atoms with Crippen LogP contribution in [0.2, 0.25) is 5.02 Å². The number of benzene rings is 1. The molecule has 3 nitrogen and oxygen atoms in total. The van der Waals surface area contributed by atoms with Crippen LogP contribution < -0.4 is 0 Å². The standard InChI is InChI=1S/C13H12BrClF2N2O/c14-12-7-6-18-19(10-3-1-2-4-20-10)9(7)5-8(15)11(12)13(16)17/h5-6,10,13H,1-4H2. The average Bonchev–Trinajstić information content (AvgIpc) is 2.83. The van der Waals surface area contributed by atoms with Crippen molar-refractivity contribution in [3.63, 3.8) is 0 Å². The predicted octanol–water partition coefficient (Wildman–Crippen LogP) is 5.09. The number of alkyl halides is 2. The van der Waals surface area contributed by atoms with Gasteiger partial charge in [-0.2, -0.15) is 5.10 Å². The largest absolute Gasteiger partial charge is 0.356 e. The zero-order valence-corrected chi connectivity index (χ0v) is 12.8. The minimum absolute atomic E-state index is 0.0388. The van der Waals surface area contributed by atoms with Crippen LogP contribution in [-0.4, -0.2) is 16.4 Å². The van der Waals surface area contributed by atoms with Crippen molar-refractivity contribution in [2.75, 3.05) is 6.61 Å². The highest BCUT2D eigenvalue weighted by Gasteiger charge is 2.24. The van der Waals surface area contributed by atoms with Gasteiger partial charge in [-0.15, -0.1) is 0 Å². The maximum absolute atomic E-state index is 13.0. The summed E-state index contributed by atoms with van der Waals surface area (Å²) in [4.78, 5) is 0. The third-order valence-electron chi connectivity index (χ3n) is 3.47. The molecule has 1 aromatic heterocycles. The van der Waals surface area contributed by atoms with Crippen LogP contribution in [0.3, 0.4) is 0 Å². The number of hydrogen-bond acceptors (Lipinski definition) is 2. The molecule has 1 fully saturated rings. The Bertz CT molecular complexity index is 641. The molecule has 1 saturated heterocycles. The van der Waals surface area contributed by atoms with E-state index >= 15 is 0 Å². The van der Waals surface area contributed by atoms with Gasteiger partial charge in [0.25, 0.3) is 6.43 Å². The third-order valence-corrected chi connectivity index (χ3v) is 4.64. The van der Waals surface area contributed by atoms with Crippen molar-refractivity contribution in [2.45, 2.75) is 31.9 Å². The summed E-state index contributed by atoms with van der Waals surface area (Å²) in [5.74, 6) is 0. The summed E-state index contributed by atoms with van der Waals surface area (Å²) in [5, 5.41) is 4.94. The van der Waals surface area contributed by atoms with Crippen LogP contribution in [0.5, 0.6) is 0 Å². The van der Waals surface area contributed by atoms with E-state index in [1.54, 1.807) is 10.9 Å². The smallest absolute Gasteiger partial charge is 0.266 e. The maximum Gasteiger partial charge on any atom is 0.266 e. The highest BCUT2D eigenvalue weighted by molar-refractivity contribution is 9.10. The molecular formula is C13H12BrClF2N2O. The number of rotatable bonds is 2. The van der Waals surface area contributed by atoms with Gasteiger partial charge in [0, 0.05) is 16.5 Å². The van der Waals surface area contributed by atoms with E-state index in [0.29, 0.717) is 22.0 Å². The summed E-state index contributed by atoms with van der Waals surface area (Å²) in [6.45, 7) is 0.691. The van der Waals surface area contributed by atoms with E-state index < -0.39 is 6.43 Å². The van der Waals surface area contributed by atoms with Crippen LogP contribution >= 0.6 is 27.5 Å². The van der Waals surface area contributed by atoms with Gasteiger partial charge < -0.3 is 4.74 Å². The first-order chi connectivity index (χ1) is 9.59. The second kappa shape index (κ2) is 5.58. The highest BCUT2D eigenvalue weighted by atomic mass is 79.9. The van der Waals surface area contributed by atoms with Gasteiger partial charge in [0.2, 0.25) is 0 Å². The molecule has 1 aliphatic heterocycles. The van der Waals surface area contributed by atoms with E-state index in [0.717, 1.165) is 19.3 Å². The molecule has 108 valence electrons. The van der Waals surface area contributed by atoms with Crippen molar-refractivity contribution in [1.29, 1.82) is 0 Å². The van der Waals surface area contributed by atoms with Crippen molar-refractivity contribution >= 4 is 38.4 Å². The van der Waals surface area contributed by atoms with Gasteiger partial charge in [0.05, 0.1) is 22.3 Å². The van der Waals surface area contributed by atoms with Crippen molar-refractivity contribution in [3.05, 3.63) is 27.3 Å². The number of fused-ring (bicyclic) bond motifs is 1. The molecular weight excluding hydrogens is 354 g/mol. The topological polar surface area (TPSA) is 27.1 Å². The summed E-state index contributed by atoms with van der Waals surface area (Å²) in [5.41, 5.74) is 0.515. The van der Waals surface area contributed by atoms with Gasteiger partial charge in [-0.3, -0.25) is 0 Å². The monoisotopic (exact) mass is 364 g/mol. The van der Waals surface area contributed by atoms with E-state index in [1.165, 1.54) is 6.07 Å². The van der Waals surface area contributed by atoms with E-state index in [2.05, 4.69) is 21.0 Å². The molecule has 2 heterocycles. The lowest BCUT2D eigenvalue weighted by Gasteiger charge is -2.23. The third kappa shape index (κ3) is 2.34. The fraction of sp³-hybridized carbons (Fsp3) is 0.462. The van der Waals surface area contributed by atoms with Crippen molar-refractivity contribution in [3.8, 4) is 0 Å². The fourth-order valence-corrected chi connectivity index (χ4v) is 3.57. The molecule has 0 saturated carbocycles. The summed E-state index contributed by atoms with van der Waals surface area (Å²) < 4.78 is 33.7. The highest BCUT2D eigenvalue weighted by Crippen LogP contribution is 2.40. The van der Waals surface area contributed by atoms with Crippen molar-refractivity contribution in [1.82, 2.24) is 9.78 Å². The van der Waals surface area contributed by atoms with Crippen LogP contribution in [0.15, 0.2) is 16.7 Å². The van der Waals surface area contributed by atoms with Crippen LogP contribution in [0.4, 0.5) is 8.78 Å². The van der Waals surface area contributed by atoms with E-state index in [9.17, 15) is 8.78 Å². The van der Waals surface area contributed by atoms with E-state index in [-0.39, 0.29) is 16.8 Å². The molecule has 0 bridgehead atoms. The molecule has 2 aromatic rings. The first-order valence-electron chi connectivity index (χ1n) is 6.34. The Morgan fingerprint density at radius 3 is 2.90 bits per heavy atom. The lowest BCUT2D eigenvalue weighted by molar-refractivity contribution is -0.0366. The summed E-state index contributed by atoms with van der Waals surface area (Å²) in [7, 11) is 0. The molecule has 1 unspecified atom stereocenters. The number of nitrogens with zero attached hydrogens (tertiary/aromatic N) is 2. The molecule has 1 aromatic carbocycles. The second-order valence-corrected chi connectivity index (χ2v) is 5.93. The molecule has 20 heavy (non-hydrogen) atoms. The summed E-state index contributed by atoms with van der Waals surface area (Å²) in [6, 6.07) is 1.54. The Hall–Kier alpha value is -0.720. The SMILES string of the molecule is FC(F)c1c(Cl)cc2c(cnn2C2CCCCO2)c1Br. The Kier molecular flexibility index (Phi) is 3.97. The lowest BCUT2D eigenvalue weighted by atomic mass is 10.1. The Labute approximate surface area is 128 Å². The van der Waals surface area contributed by atoms with Gasteiger partial charge in [-0.25, -0.2) is 13.5 Å². The van der Waals surface area contributed by atoms with Gasteiger partial charge in [0.15, 0.2) is 6.23 Å². The van der Waals surface area contributed by atoms with E-state index in [4.69, 9.17) is 16.3 Å². The zero-order chi connectivity index (χ0) is 14.3. The summed E-state index contributed by atoms with van der Waals surface area (Å²) >= 11 is 9.19. The quantitative estimate of drug-likeness (QED) is 0.741. The van der Waals surface area contributed by atoms with E-state index in [1.807, 2.05) is 0 Å². The lowest BCUT2D eigenvalue weighted by Crippen LogP contribution is -2.18. The molecule has 0 amide bonds. The molecule has 3 rings (SSSR count). The average molecular weight is 366 g/mol. The Morgan fingerprint density at radius 1 is 1.45 bits per heavy atom. The van der Waals surface area contributed by atoms with Gasteiger partial charge in [-0.05, 0) is 41.3 Å². The molecule has 0 spiro atoms. The first kappa shape index (κ1) is 14.2. The molecule has 1 atom stereocenters. The first-order valence-corrected chi connectivity index (χ1v) is 7.51. The minimum Gasteiger partial charge on any atom is -0.356 e. The molecule has 0 N–H and O–H groups in total. The molecule has 0 radical (unpaired) electrons. The predicted molar refractivity (Wildman–Crippen MR) is 76.2 cm³/mol. The normalized spacial score (nSPS) is 19.9. The summed E-state index contributed by atoms with van der Waals surface area (Å²) in [6.07, 6.45) is 1.76. The van der Waals surface area contributed by atoms with Gasteiger partial charge in [0.1, 0.15) is 0 Å². The van der Waals surface area contributed by atoms with Gasteiger partial charge >= 0.3 is 0 Å². The zero-order valence-electron chi connectivity index (χ0n) is 10.5. The number of ether oxygens (including phenoxy) is 1. The van der Waals surface area contributed by atoms with Crippen molar-refractivity contribution < 1.29 is 13.5 Å². The second-order valence-electron chi connectivity index (χ2n) is 4.73. The molecule has 1 aliphatic rings. The minimum atomic E-state index is -2.63. The Morgan fingerprint density at radius 2 is 2.25 bits per heavy atom. The number of aromatic nitrogens is 2. The molecule has 7 heteroatoms. The molecule has 0 aliphatic carbocycles. The van der Waals surface area contributed by atoms with Crippen molar-refractivity contribution in [2.24, 2.45) is 0 Å². The van der Waals surface area contributed by atoms with Crippen LogP contribution in [-0.2, 0) is 4.74 Å². The number of hydrogen-bond donors (Lipinski definition) is 0.